The van der Waals surface area contributed by atoms with E-state index in [1.807, 2.05) is 12.3 Å². The summed E-state index contributed by atoms with van der Waals surface area (Å²) in [6.45, 7) is 0. The number of hydrogen-bond donors (Lipinski definition) is 1. The van der Waals surface area contributed by atoms with Gasteiger partial charge in [0.1, 0.15) is 0 Å². The SMILES string of the molecule is CSc1nc2c(Br)cc(Br)cc2c(=O)n1N. The van der Waals surface area contributed by atoms with Gasteiger partial charge in [-0.2, -0.15) is 0 Å². The predicted molar refractivity (Wildman–Crippen MR) is 73.3 cm³/mol. The molecule has 0 radical (unpaired) electrons. The number of aromatic nitrogens is 2. The molecule has 7 heteroatoms. The van der Waals surface area contributed by atoms with Gasteiger partial charge in [0.25, 0.3) is 5.56 Å². The first-order valence-corrected chi connectivity index (χ1v) is 7.06. The monoisotopic (exact) mass is 363 g/mol. The number of nitrogen functional groups attached to an aromatic ring is 1. The van der Waals surface area contributed by atoms with Gasteiger partial charge in [0.2, 0.25) is 0 Å². The number of fused-ring (bicyclic) bond motifs is 1. The van der Waals surface area contributed by atoms with E-state index in [0.29, 0.717) is 16.1 Å². The van der Waals surface area contributed by atoms with Crippen LogP contribution < -0.4 is 11.4 Å². The maximum atomic E-state index is 12.0. The predicted octanol–water partition coefficient (Wildman–Crippen LogP) is 2.36. The van der Waals surface area contributed by atoms with Gasteiger partial charge >= 0.3 is 0 Å². The molecule has 0 unspecified atom stereocenters. The van der Waals surface area contributed by atoms with Gasteiger partial charge in [-0.3, -0.25) is 4.79 Å². The average molecular weight is 365 g/mol. The molecule has 0 spiro atoms. The van der Waals surface area contributed by atoms with E-state index in [4.69, 9.17) is 5.84 Å². The minimum Gasteiger partial charge on any atom is -0.334 e. The molecule has 2 aromatic rings. The molecule has 2 rings (SSSR count). The molecule has 2 N–H and O–H groups in total. The van der Waals surface area contributed by atoms with Crippen LogP contribution >= 0.6 is 43.6 Å². The second kappa shape index (κ2) is 4.38. The molecular weight excluding hydrogens is 358 g/mol. The number of halogens is 2. The van der Waals surface area contributed by atoms with Crippen LogP contribution in [-0.4, -0.2) is 15.9 Å². The third kappa shape index (κ3) is 1.87. The van der Waals surface area contributed by atoms with Gasteiger partial charge in [-0.1, -0.05) is 27.7 Å². The zero-order valence-corrected chi connectivity index (χ0v) is 12.2. The summed E-state index contributed by atoms with van der Waals surface area (Å²) in [5.74, 6) is 5.65. The van der Waals surface area contributed by atoms with E-state index < -0.39 is 0 Å². The number of thioether (sulfide) groups is 1. The lowest BCUT2D eigenvalue weighted by molar-refractivity contribution is 0.780. The van der Waals surface area contributed by atoms with Crippen molar-refractivity contribution < 1.29 is 0 Å². The van der Waals surface area contributed by atoms with Crippen LogP contribution in [0.25, 0.3) is 10.9 Å². The standard InChI is InChI=1S/C9H7Br2N3OS/c1-16-9-13-7-5(8(15)14(9)12)2-4(10)3-6(7)11/h2-3H,12H2,1H3. The Morgan fingerprint density at radius 1 is 1.44 bits per heavy atom. The summed E-state index contributed by atoms with van der Waals surface area (Å²) in [4.78, 5) is 16.3. The molecule has 16 heavy (non-hydrogen) atoms. The van der Waals surface area contributed by atoms with E-state index in [0.717, 1.165) is 13.6 Å². The fourth-order valence-corrected chi connectivity index (χ4v) is 3.13. The first-order chi connectivity index (χ1) is 7.54. The third-order valence-corrected chi connectivity index (χ3v) is 3.79. The van der Waals surface area contributed by atoms with Crippen LogP contribution in [0.4, 0.5) is 0 Å². The van der Waals surface area contributed by atoms with E-state index in [1.54, 1.807) is 6.07 Å². The van der Waals surface area contributed by atoms with Crippen LogP contribution in [0.3, 0.4) is 0 Å². The normalized spacial score (nSPS) is 10.9. The number of nitrogens with two attached hydrogens (primary N) is 1. The van der Waals surface area contributed by atoms with Crippen molar-refractivity contribution in [3.8, 4) is 0 Å². The Morgan fingerprint density at radius 3 is 2.75 bits per heavy atom. The van der Waals surface area contributed by atoms with E-state index in [-0.39, 0.29) is 5.56 Å². The number of benzene rings is 1. The smallest absolute Gasteiger partial charge is 0.280 e. The third-order valence-electron chi connectivity index (χ3n) is 2.07. The summed E-state index contributed by atoms with van der Waals surface area (Å²) in [7, 11) is 0. The summed E-state index contributed by atoms with van der Waals surface area (Å²) < 4.78 is 2.64. The van der Waals surface area contributed by atoms with Gasteiger partial charge in [0.15, 0.2) is 5.16 Å². The molecule has 0 aliphatic rings. The summed E-state index contributed by atoms with van der Waals surface area (Å²) >= 11 is 8.04. The second-order valence-corrected chi connectivity index (χ2v) is 5.60. The lowest BCUT2D eigenvalue weighted by Crippen LogP contribution is -2.29. The van der Waals surface area contributed by atoms with Gasteiger partial charge in [-0.15, -0.1) is 0 Å². The van der Waals surface area contributed by atoms with Crippen LogP contribution in [0.1, 0.15) is 0 Å². The van der Waals surface area contributed by atoms with Crippen molar-refractivity contribution in [3.05, 3.63) is 31.4 Å². The second-order valence-electron chi connectivity index (χ2n) is 3.06. The summed E-state index contributed by atoms with van der Waals surface area (Å²) in [6, 6.07) is 3.56. The van der Waals surface area contributed by atoms with E-state index in [1.165, 1.54) is 11.8 Å². The van der Waals surface area contributed by atoms with Crippen LogP contribution in [0, 0.1) is 0 Å². The Bertz CT molecular complexity index is 626. The fraction of sp³-hybridized carbons (Fsp3) is 0.111. The van der Waals surface area contributed by atoms with Crippen molar-refractivity contribution >= 4 is 54.5 Å². The lowest BCUT2D eigenvalue weighted by Gasteiger charge is -2.07. The highest BCUT2D eigenvalue weighted by Crippen LogP contribution is 2.26. The van der Waals surface area contributed by atoms with E-state index in [2.05, 4.69) is 36.8 Å². The Labute approximate surface area is 112 Å². The molecule has 84 valence electrons. The topological polar surface area (TPSA) is 60.9 Å². The molecule has 0 aliphatic heterocycles. The average Bonchev–Trinajstić information content (AvgIpc) is 2.24. The zero-order chi connectivity index (χ0) is 11.9. The first kappa shape index (κ1) is 11.9. The Kier molecular flexibility index (Phi) is 3.27. The molecule has 1 heterocycles. The number of nitrogens with zero attached hydrogens (tertiary/aromatic N) is 2. The van der Waals surface area contributed by atoms with E-state index in [9.17, 15) is 4.79 Å². The van der Waals surface area contributed by atoms with Crippen molar-refractivity contribution in [2.45, 2.75) is 5.16 Å². The summed E-state index contributed by atoms with van der Waals surface area (Å²) in [6.07, 6.45) is 1.82. The number of rotatable bonds is 1. The van der Waals surface area contributed by atoms with Crippen molar-refractivity contribution in [2.75, 3.05) is 12.1 Å². The maximum absolute atomic E-state index is 12.0. The molecule has 1 aromatic heterocycles. The van der Waals surface area contributed by atoms with Crippen molar-refractivity contribution in [1.29, 1.82) is 0 Å². The zero-order valence-electron chi connectivity index (χ0n) is 8.20. The number of hydrogen-bond acceptors (Lipinski definition) is 4. The molecule has 1 aromatic carbocycles. The maximum Gasteiger partial charge on any atom is 0.280 e. The van der Waals surface area contributed by atoms with E-state index >= 15 is 0 Å². The van der Waals surface area contributed by atoms with Crippen molar-refractivity contribution in [1.82, 2.24) is 9.66 Å². The highest BCUT2D eigenvalue weighted by Gasteiger charge is 2.11. The molecule has 0 bridgehead atoms. The van der Waals surface area contributed by atoms with Crippen LogP contribution in [0.2, 0.25) is 0 Å². The molecule has 0 amide bonds. The Balaban J connectivity index is 2.99. The van der Waals surface area contributed by atoms with Gasteiger partial charge in [-0.25, -0.2) is 9.66 Å². The fourth-order valence-electron chi connectivity index (χ4n) is 1.35. The van der Waals surface area contributed by atoms with Gasteiger partial charge in [0, 0.05) is 8.95 Å². The van der Waals surface area contributed by atoms with Gasteiger partial charge < -0.3 is 5.84 Å². The van der Waals surface area contributed by atoms with Crippen molar-refractivity contribution in [3.63, 3.8) is 0 Å². The minimum atomic E-state index is -0.253. The molecule has 0 fully saturated rings. The molecule has 4 nitrogen and oxygen atoms in total. The van der Waals surface area contributed by atoms with Crippen LogP contribution in [-0.2, 0) is 0 Å². The van der Waals surface area contributed by atoms with Gasteiger partial charge in [-0.05, 0) is 34.3 Å². The van der Waals surface area contributed by atoms with Gasteiger partial charge in [0.05, 0.1) is 10.9 Å². The Hall–Kier alpha value is -0.530. The van der Waals surface area contributed by atoms with Crippen LogP contribution in [0.5, 0.6) is 0 Å². The molecule has 0 saturated heterocycles. The Morgan fingerprint density at radius 2 is 2.12 bits per heavy atom. The highest BCUT2D eigenvalue weighted by molar-refractivity contribution is 9.11. The first-order valence-electron chi connectivity index (χ1n) is 4.25. The largest absolute Gasteiger partial charge is 0.334 e. The summed E-state index contributed by atoms with van der Waals surface area (Å²) in [5, 5.41) is 0.974. The summed E-state index contributed by atoms with van der Waals surface area (Å²) in [5.41, 5.74) is 0.371. The molecule has 0 aliphatic carbocycles. The minimum absolute atomic E-state index is 0.253. The van der Waals surface area contributed by atoms with Crippen LogP contribution in [0.15, 0.2) is 31.0 Å². The molecule has 0 atom stereocenters. The molecule has 0 saturated carbocycles. The van der Waals surface area contributed by atoms with Crippen molar-refractivity contribution in [2.24, 2.45) is 0 Å². The quantitative estimate of drug-likeness (QED) is 0.479. The molecular formula is C9H7Br2N3OS. The highest BCUT2D eigenvalue weighted by atomic mass is 79.9. The lowest BCUT2D eigenvalue weighted by atomic mass is 10.2.